The lowest BCUT2D eigenvalue weighted by atomic mass is 10.1. The Morgan fingerprint density at radius 1 is 1.59 bits per heavy atom. The molecule has 0 saturated heterocycles. The average Bonchev–Trinajstić information content (AvgIpc) is 2.27. The lowest BCUT2D eigenvalue weighted by Crippen LogP contribution is -2.43. The van der Waals surface area contributed by atoms with Crippen LogP contribution in [0, 0.1) is 0 Å². The lowest BCUT2D eigenvalue weighted by molar-refractivity contribution is 0.0693. The largest absolute Gasteiger partial charge is 0.478 e. The maximum atomic E-state index is 10.9. The van der Waals surface area contributed by atoms with Crippen LogP contribution in [0.1, 0.15) is 29.9 Å². The van der Waals surface area contributed by atoms with Gasteiger partial charge in [-0.25, -0.2) is 14.8 Å². The number of rotatable bonds is 6. The first-order chi connectivity index (χ1) is 7.96. The van der Waals surface area contributed by atoms with E-state index >= 15 is 0 Å². The third-order valence-electron chi connectivity index (χ3n) is 2.26. The Morgan fingerprint density at radius 3 is 2.88 bits per heavy atom. The van der Waals surface area contributed by atoms with E-state index in [1.165, 1.54) is 12.5 Å². The standard InChI is InChI=1S/C11H17N3O3/c1-11(2,6-17-3)14-5-9-8(10(15)16)4-12-7-13-9/h4,7,14H,5-6H2,1-3H3,(H,15,16). The number of aromatic carboxylic acids is 1. The van der Waals surface area contributed by atoms with Crippen LogP contribution >= 0.6 is 0 Å². The molecule has 0 amide bonds. The van der Waals surface area contributed by atoms with Crippen LogP contribution in [0.2, 0.25) is 0 Å². The zero-order chi connectivity index (χ0) is 12.9. The molecule has 0 aliphatic carbocycles. The summed E-state index contributed by atoms with van der Waals surface area (Å²) < 4.78 is 5.06. The quantitative estimate of drug-likeness (QED) is 0.759. The highest BCUT2D eigenvalue weighted by Crippen LogP contribution is 2.07. The average molecular weight is 239 g/mol. The maximum Gasteiger partial charge on any atom is 0.339 e. The Labute approximate surface area is 100 Å². The minimum atomic E-state index is -1.02. The zero-order valence-corrected chi connectivity index (χ0v) is 10.2. The number of ether oxygens (including phenoxy) is 1. The Balaban J connectivity index is 2.72. The van der Waals surface area contributed by atoms with Crippen molar-refractivity contribution in [3.63, 3.8) is 0 Å². The van der Waals surface area contributed by atoms with Crippen molar-refractivity contribution in [3.05, 3.63) is 23.8 Å². The van der Waals surface area contributed by atoms with Crippen LogP contribution in [-0.4, -0.2) is 40.3 Å². The molecule has 0 bridgehead atoms. The van der Waals surface area contributed by atoms with Gasteiger partial charge in [-0.3, -0.25) is 0 Å². The van der Waals surface area contributed by atoms with E-state index in [-0.39, 0.29) is 11.1 Å². The summed E-state index contributed by atoms with van der Waals surface area (Å²) in [7, 11) is 1.62. The molecule has 1 aromatic rings. The molecule has 0 spiro atoms. The molecule has 17 heavy (non-hydrogen) atoms. The second-order valence-corrected chi connectivity index (χ2v) is 4.36. The molecule has 2 N–H and O–H groups in total. The molecule has 0 aromatic carbocycles. The summed E-state index contributed by atoms with van der Waals surface area (Å²) in [6, 6.07) is 0. The number of nitrogens with one attached hydrogen (secondary N) is 1. The van der Waals surface area contributed by atoms with Crippen LogP contribution < -0.4 is 5.32 Å². The van der Waals surface area contributed by atoms with Gasteiger partial charge in [-0.2, -0.15) is 0 Å². The molecule has 1 heterocycles. The predicted octanol–water partition coefficient (Wildman–Crippen LogP) is 0.689. The fraction of sp³-hybridized carbons (Fsp3) is 0.545. The Kier molecular flexibility index (Phi) is 4.53. The van der Waals surface area contributed by atoms with Crippen LogP contribution in [0.5, 0.6) is 0 Å². The highest BCUT2D eigenvalue weighted by atomic mass is 16.5. The van der Waals surface area contributed by atoms with Gasteiger partial charge >= 0.3 is 5.97 Å². The number of carbonyl (C=O) groups is 1. The van der Waals surface area contributed by atoms with Crippen molar-refractivity contribution in [2.24, 2.45) is 0 Å². The van der Waals surface area contributed by atoms with E-state index in [9.17, 15) is 4.79 Å². The van der Waals surface area contributed by atoms with E-state index in [1.807, 2.05) is 13.8 Å². The van der Waals surface area contributed by atoms with Crippen molar-refractivity contribution in [2.75, 3.05) is 13.7 Å². The van der Waals surface area contributed by atoms with Gasteiger partial charge in [0.25, 0.3) is 0 Å². The summed E-state index contributed by atoms with van der Waals surface area (Å²) >= 11 is 0. The summed E-state index contributed by atoms with van der Waals surface area (Å²) in [6.07, 6.45) is 2.64. The molecule has 0 aliphatic heterocycles. The number of carboxylic acid groups (broad SMARTS) is 1. The number of carboxylic acids is 1. The molecular weight excluding hydrogens is 222 g/mol. The number of nitrogens with zero attached hydrogens (tertiary/aromatic N) is 2. The summed E-state index contributed by atoms with van der Waals surface area (Å²) in [5, 5.41) is 12.2. The van der Waals surface area contributed by atoms with Gasteiger partial charge in [0.05, 0.1) is 12.3 Å². The number of aromatic nitrogens is 2. The monoisotopic (exact) mass is 239 g/mol. The van der Waals surface area contributed by atoms with Gasteiger partial charge in [-0.1, -0.05) is 0 Å². The van der Waals surface area contributed by atoms with E-state index in [0.717, 1.165) is 0 Å². The third kappa shape index (κ3) is 4.08. The van der Waals surface area contributed by atoms with Crippen molar-refractivity contribution in [1.82, 2.24) is 15.3 Å². The zero-order valence-electron chi connectivity index (χ0n) is 10.2. The molecule has 0 radical (unpaired) electrons. The SMILES string of the molecule is COCC(C)(C)NCc1ncncc1C(=O)O. The minimum absolute atomic E-state index is 0.119. The Bertz CT molecular complexity index is 393. The second-order valence-electron chi connectivity index (χ2n) is 4.36. The molecule has 0 unspecified atom stereocenters. The van der Waals surface area contributed by atoms with Gasteiger partial charge in [-0.05, 0) is 13.8 Å². The van der Waals surface area contributed by atoms with Crippen LogP contribution in [0.4, 0.5) is 0 Å². The van der Waals surface area contributed by atoms with Crippen LogP contribution in [-0.2, 0) is 11.3 Å². The summed E-state index contributed by atoms with van der Waals surface area (Å²) in [6.45, 7) is 4.83. The van der Waals surface area contributed by atoms with Crippen molar-refractivity contribution in [3.8, 4) is 0 Å². The minimum Gasteiger partial charge on any atom is -0.478 e. The highest BCUT2D eigenvalue weighted by Gasteiger charge is 2.18. The van der Waals surface area contributed by atoms with Gasteiger partial charge in [0, 0.05) is 25.4 Å². The maximum absolute atomic E-state index is 10.9. The first-order valence-corrected chi connectivity index (χ1v) is 5.22. The Morgan fingerprint density at radius 2 is 2.29 bits per heavy atom. The van der Waals surface area contributed by atoms with Gasteiger partial charge < -0.3 is 15.2 Å². The molecule has 94 valence electrons. The second kappa shape index (κ2) is 5.70. The van der Waals surface area contributed by atoms with E-state index in [4.69, 9.17) is 9.84 Å². The van der Waals surface area contributed by atoms with Gasteiger partial charge in [0.1, 0.15) is 11.9 Å². The van der Waals surface area contributed by atoms with Crippen molar-refractivity contribution >= 4 is 5.97 Å². The lowest BCUT2D eigenvalue weighted by Gasteiger charge is -2.25. The first kappa shape index (κ1) is 13.5. The molecular formula is C11H17N3O3. The van der Waals surface area contributed by atoms with Crippen molar-refractivity contribution in [2.45, 2.75) is 25.9 Å². The van der Waals surface area contributed by atoms with Crippen LogP contribution in [0.3, 0.4) is 0 Å². The fourth-order valence-corrected chi connectivity index (χ4v) is 1.41. The van der Waals surface area contributed by atoms with E-state index in [1.54, 1.807) is 7.11 Å². The molecule has 1 aromatic heterocycles. The molecule has 0 atom stereocenters. The molecule has 6 nitrogen and oxygen atoms in total. The molecule has 0 aliphatic rings. The van der Waals surface area contributed by atoms with Crippen LogP contribution in [0.25, 0.3) is 0 Å². The van der Waals surface area contributed by atoms with E-state index in [0.29, 0.717) is 18.8 Å². The van der Waals surface area contributed by atoms with Gasteiger partial charge in [-0.15, -0.1) is 0 Å². The normalized spacial score (nSPS) is 11.5. The smallest absolute Gasteiger partial charge is 0.339 e. The number of hydrogen-bond donors (Lipinski definition) is 2. The summed E-state index contributed by atoms with van der Waals surface area (Å²) in [5.41, 5.74) is 0.347. The van der Waals surface area contributed by atoms with E-state index in [2.05, 4.69) is 15.3 Å². The fourth-order valence-electron chi connectivity index (χ4n) is 1.41. The molecule has 1 rings (SSSR count). The van der Waals surface area contributed by atoms with Gasteiger partial charge in [0.2, 0.25) is 0 Å². The first-order valence-electron chi connectivity index (χ1n) is 5.22. The Hall–Kier alpha value is -1.53. The molecule has 0 saturated carbocycles. The van der Waals surface area contributed by atoms with Crippen molar-refractivity contribution < 1.29 is 14.6 Å². The third-order valence-corrected chi connectivity index (χ3v) is 2.26. The van der Waals surface area contributed by atoms with Gasteiger partial charge in [0.15, 0.2) is 0 Å². The number of methoxy groups -OCH3 is 1. The molecule has 6 heteroatoms. The van der Waals surface area contributed by atoms with Crippen molar-refractivity contribution in [1.29, 1.82) is 0 Å². The predicted molar refractivity (Wildman–Crippen MR) is 61.8 cm³/mol. The highest BCUT2D eigenvalue weighted by molar-refractivity contribution is 5.88. The summed E-state index contributed by atoms with van der Waals surface area (Å²) in [4.78, 5) is 18.6. The van der Waals surface area contributed by atoms with Crippen LogP contribution in [0.15, 0.2) is 12.5 Å². The summed E-state index contributed by atoms with van der Waals surface area (Å²) in [5.74, 6) is -1.02. The number of hydrogen-bond acceptors (Lipinski definition) is 5. The van der Waals surface area contributed by atoms with E-state index < -0.39 is 5.97 Å². The molecule has 0 fully saturated rings. The topological polar surface area (TPSA) is 84.3 Å².